The van der Waals surface area contributed by atoms with Crippen LogP contribution in [0.1, 0.15) is 5.56 Å². The lowest BCUT2D eigenvalue weighted by Crippen LogP contribution is -1.79. The average molecular weight is 167 g/mol. The number of thioether (sulfide) groups is 1. The number of nitrogens with zero attached hydrogens (tertiary/aromatic N) is 1. The molecule has 0 amide bonds. The van der Waals surface area contributed by atoms with Crippen molar-refractivity contribution in [1.82, 2.24) is 0 Å². The Morgan fingerprint density at radius 1 is 1.36 bits per heavy atom. The van der Waals surface area contributed by atoms with E-state index in [0.29, 0.717) is 0 Å². The van der Waals surface area contributed by atoms with Crippen LogP contribution in [-0.4, -0.2) is 17.7 Å². The van der Waals surface area contributed by atoms with Crippen LogP contribution >= 0.6 is 11.8 Å². The Bertz CT molecular complexity index is 243. The first kappa shape index (κ1) is 8.14. The highest BCUT2D eigenvalue weighted by Gasteiger charge is 1.88. The minimum absolute atomic E-state index is 0.908. The van der Waals surface area contributed by atoms with E-state index in [4.69, 9.17) is 5.21 Å². The fourth-order valence-electron chi connectivity index (χ4n) is 0.757. The maximum absolute atomic E-state index is 8.21. The van der Waals surface area contributed by atoms with Gasteiger partial charge in [0, 0.05) is 4.90 Å². The first-order valence-electron chi connectivity index (χ1n) is 3.18. The maximum Gasteiger partial charge on any atom is 0.0733 e. The number of benzene rings is 1. The van der Waals surface area contributed by atoms with Crippen LogP contribution < -0.4 is 0 Å². The third kappa shape index (κ3) is 2.27. The van der Waals surface area contributed by atoms with E-state index in [9.17, 15) is 0 Å². The summed E-state index contributed by atoms with van der Waals surface area (Å²) in [5.41, 5.74) is 0.908. The summed E-state index contributed by atoms with van der Waals surface area (Å²) in [4.78, 5) is 1.21. The van der Waals surface area contributed by atoms with Crippen LogP contribution in [0, 0.1) is 0 Å². The number of hydrogen-bond donors (Lipinski definition) is 1. The molecule has 0 saturated carbocycles. The highest BCUT2D eigenvalue weighted by atomic mass is 32.2. The van der Waals surface area contributed by atoms with E-state index in [-0.39, 0.29) is 0 Å². The van der Waals surface area contributed by atoms with Crippen LogP contribution in [0.25, 0.3) is 0 Å². The van der Waals surface area contributed by atoms with Crippen molar-refractivity contribution in [2.45, 2.75) is 4.90 Å². The predicted octanol–water partition coefficient (Wildman–Crippen LogP) is 2.22. The van der Waals surface area contributed by atoms with Crippen molar-refractivity contribution in [3.8, 4) is 0 Å². The van der Waals surface area contributed by atoms with E-state index in [1.807, 2.05) is 30.5 Å². The molecule has 1 aromatic rings. The van der Waals surface area contributed by atoms with Crippen molar-refractivity contribution in [2.75, 3.05) is 6.26 Å². The average Bonchev–Trinajstić information content (AvgIpc) is 2.07. The van der Waals surface area contributed by atoms with Crippen LogP contribution in [0.15, 0.2) is 34.3 Å². The van der Waals surface area contributed by atoms with Crippen molar-refractivity contribution < 1.29 is 5.21 Å². The number of rotatable bonds is 2. The molecule has 0 aliphatic rings. The highest BCUT2D eigenvalue weighted by molar-refractivity contribution is 7.98. The smallest absolute Gasteiger partial charge is 0.0733 e. The van der Waals surface area contributed by atoms with Gasteiger partial charge in [-0.2, -0.15) is 0 Å². The van der Waals surface area contributed by atoms with Gasteiger partial charge in [0.15, 0.2) is 0 Å². The van der Waals surface area contributed by atoms with Gasteiger partial charge in [-0.15, -0.1) is 11.8 Å². The predicted molar refractivity (Wildman–Crippen MR) is 47.6 cm³/mol. The van der Waals surface area contributed by atoms with E-state index < -0.39 is 0 Å². The second-order valence-corrected chi connectivity index (χ2v) is 2.90. The molecule has 3 heteroatoms. The molecule has 1 aromatic carbocycles. The Morgan fingerprint density at radius 3 is 2.45 bits per heavy atom. The van der Waals surface area contributed by atoms with Gasteiger partial charge in [-0.25, -0.2) is 0 Å². The minimum Gasteiger partial charge on any atom is -0.411 e. The summed E-state index contributed by atoms with van der Waals surface area (Å²) in [5.74, 6) is 0. The van der Waals surface area contributed by atoms with Crippen molar-refractivity contribution in [2.24, 2.45) is 5.16 Å². The van der Waals surface area contributed by atoms with Gasteiger partial charge >= 0.3 is 0 Å². The largest absolute Gasteiger partial charge is 0.411 e. The van der Waals surface area contributed by atoms with Crippen molar-refractivity contribution in [3.63, 3.8) is 0 Å². The Labute approximate surface area is 69.9 Å². The molecule has 0 fully saturated rings. The van der Waals surface area contributed by atoms with Crippen molar-refractivity contribution in [3.05, 3.63) is 29.8 Å². The molecular formula is C8H9NOS. The second-order valence-electron chi connectivity index (χ2n) is 2.02. The molecule has 0 aliphatic carbocycles. The molecule has 1 rings (SSSR count). The SMILES string of the molecule is CSc1ccc(/C=N\O)cc1. The van der Waals surface area contributed by atoms with Crippen LogP contribution in [0.5, 0.6) is 0 Å². The topological polar surface area (TPSA) is 32.6 Å². The summed E-state index contributed by atoms with van der Waals surface area (Å²) in [6.45, 7) is 0. The Balaban J connectivity index is 2.82. The summed E-state index contributed by atoms with van der Waals surface area (Å²) in [5, 5.41) is 11.1. The summed E-state index contributed by atoms with van der Waals surface area (Å²) in [6.07, 6.45) is 3.43. The Morgan fingerprint density at radius 2 is 2.00 bits per heavy atom. The molecule has 0 radical (unpaired) electrons. The van der Waals surface area contributed by atoms with Crippen molar-refractivity contribution >= 4 is 18.0 Å². The molecule has 0 saturated heterocycles. The normalized spacial score (nSPS) is 10.6. The van der Waals surface area contributed by atoms with E-state index in [1.54, 1.807) is 11.8 Å². The molecule has 0 atom stereocenters. The molecule has 11 heavy (non-hydrogen) atoms. The third-order valence-electron chi connectivity index (χ3n) is 1.32. The molecule has 0 spiro atoms. The lowest BCUT2D eigenvalue weighted by atomic mass is 10.2. The van der Waals surface area contributed by atoms with Gasteiger partial charge in [0.1, 0.15) is 0 Å². The lowest BCUT2D eigenvalue weighted by molar-refractivity contribution is 0.322. The third-order valence-corrected chi connectivity index (χ3v) is 2.07. The fourth-order valence-corrected chi connectivity index (χ4v) is 1.16. The van der Waals surface area contributed by atoms with Gasteiger partial charge in [-0.05, 0) is 24.0 Å². The molecule has 0 heterocycles. The number of hydrogen-bond acceptors (Lipinski definition) is 3. The Kier molecular flexibility index (Phi) is 2.98. The molecule has 2 nitrogen and oxygen atoms in total. The highest BCUT2D eigenvalue weighted by Crippen LogP contribution is 2.13. The molecule has 0 unspecified atom stereocenters. The Hall–Kier alpha value is -0.960. The van der Waals surface area contributed by atoms with Crippen LogP contribution in [0.2, 0.25) is 0 Å². The van der Waals surface area contributed by atoms with Gasteiger partial charge in [0.25, 0.3) is 0 Å². The van der Waals surface area contributed by atoms with Crippen LogP contribution in [0.3, 0.4) is 0 Å². The zero-order chi connectivity index (χ0) is 8.10. The van der Waals surface area contributed by atoms with Gasteiger partial charge in [0.2, 0.25) is 0 Å². The monoisotopic (exact) mass is 167 g/mol. The fraction of sp³-hybridized carbons (Fsp3) is 0.125. The summed E-state index contributed by atoms with van der Waals surface area (Å²) in [7, 11) is 0. The molecule has 0 aromatic heterocycles. The van der Waals surface area contributed by atoms with Gasteiger partial charge in [0.05, 0.1) is 6.21 Å². The van der Waals surface area contributed by atoms with E-state index in [0.717, 1.165) is 5.56 Å². The maximum atomic E-state index is 8.21. The molecular weight excluding hydrogens is 158 g/mol. The number of oxime groups is 1. The van der Waals surface area contributed by atoms with Gasteiger partial charge in [-0.3, -0.25) is 0 Å². The van der Waals surface area contributed by atoms with Gasteiger partial charge in [-0.1, -0.05) is 17.3 Å². The quantitative estimate of drug-likeness (QED) is 0.317. The summed E-state index contributed by atoms with van der Waals surface area (Å²) in [6, 6.07) is 7.79. The summed E-state index contributed by atoms with van der Waals surface area (Å²) < 4.78 is 0. The molecule has 1 N–H and O–H groups in total. The van der Waals surface area contributed by atoms with E-state index in [2.05, 4.69) is 5.16 Å². The first-order valence-corrected chi connectivity index (χ1v) is 4.41. The van der Waals surface area contributed by atoms with Gasteiger partial charge < -0.3 is 5.21 Å². The zero-order valence-corrected chi connectivity index (χ0v) is 7.01. The van der Waals surface area contributed by atoms with Crippen LogP contribution in [-0.2, 0) is 0 Å². The molecule has 58 valence electrons. The first-order chi connectivity index (χ1) is 5.36. The lowest BCUT2D eigenvalue weighted by Gasteiger charge is -1.94. The van der Waals surface area contributed by atoms with E-state index >= 15 is 0 Å². The molecule has 0 aliphatic heterocycles. The molecule has 0 bridgehead atoms. The second kappa shape index (κ2) is 4.03. The zero-order valence-electron chi connectivity index (χ0n) is 6.19. The minimum atomic E-state index is 0.908. The van der Waals surface area contributed by atoms with E-state index in [1.165, 1.54) is 11.1 Å². The van der Waals surface area contributed by atoms with Crippen molar-refractivity contribution in [1.29, 1.82) is 0 Å². The standard InChI is InChI=1S/C8H9NOS/c1-11-8-4-2-7(3-5-8)6-9-10/h2-6,10H,1H3/b9-6-. The van der Waals surface area contributed by atoms with Crippen LogP contribution in [0.4, 0.5) is 0 Å². The summed E-state index contributed by atoms with van der Waals surface area (Å²) >= 11 is 1.69.